The summed E-state index contributed by atoms with van der Waals surface area (Å²) in [6.07, 6.45) is 0. The molecule has 2 rings (SSSR count). The Kier molecular flexibility index (Phi) is 4.56. The number of carbonyl (C=O) groups is 1. The molecule has 2 nitrogen and oxygen atoms in total. The van der Waals surface area contributed by atoms with Crippen molar-refractivity contribution >= 4 is 39.1 Å². The van der Waals surface area contributed by atoms with Crippen molar-refractivity contribution in [1.82, 2.24) is 0 Å². The van der Waals surface area contributed by atoms with E-state index in [4.69, 9.17) is 11.6 Å². The molecule has 0 aromatic heterocycles. The van der Waals surface area contributed by atoms with Crippen LogP contribution >= 0.6 is 27.5 Å². The Bertz CT molecular complexity index is 601. The predicted octanol–water partition coefficient (Wildman–Crippen LogP) is 4.63. The fraction of sp³-hybridized carbons (Fsp3) is 0.0714. The molecular formula is C14H10BrClFNO. The molecule has 0 radical (unpaired) electrons. The molecule has 0 fully saturated rings. The number of alkyl halides is 1. The largest absolute Gasteiger partial charge is 0.322 e. The van der Waals surface area contributed by atoms with Gasteiger partial charge in [0, 0.05) is 16.0 Å². The summed E-state index contributed by atoms with van der Waals surface area (Å²) in [6, 6.07) is 11.1. The van der Waals surface area contributed by atoms with Crippen molar-refractivity contribution in [3.63, 3.8) is 0 Å². The van der Waals surface area contributed by atoms with Gasteiger partial charge in [0.2, 0.25) is 0 Å². The molecule has 2 aromatic rings. The van der Waals surface area contributed by atoms with E-state index in [1.165, 1.54) is 18.2 Å². The highest BCUT2D eigenvalue weighted by atomic mass is 79.9. The molecule has 0 atom stereocenters. The van der Waals surface area contributed by atoms with Gasteiger partial charge in [-0.05, 0) is 35.9 Å². The molecule has 0 bridgehead atoms. The standard InChI is InChI=1S/C14H10BrClFNO/c15-8-9-1-4-11(5-2-9)18-14(19)12-7-10(16)3-6-13(12)17/h1-7H,8H2,(H,18,19). The van der Waals surface area contributed by atoms with Crippen molar-refractivity contribution in [1.29, 1.82) is 0 Å². The Labute approximate surface area is 123 Å². The molecule has 0 heterocycles. The van der Waals surface area contributed by atoms with Crippen LogP contribution in [-0.4, -0.2) is 5.91 Å². The molecule has 5 heteroatoms. The van der Waals surface area contributed by atoms with Crippen LogP contribution in [0.4, 0.5) is 10.1 Å². The number of hydrogen-bond donors (Lipinski definition) is 1. The maximum atomic E-state index is 13.5. The smallest absolute Gasteiger partial charge is 0.258 e. The van der Waals surface area contributed by atoms with Gasteiger partial charge in [-0.2, -0.15) is 0 Å². The van der Waals surface area contributed by atoms with E-state index < -0.39 is 11.7 Å². The second-order valence-electron chi connectivity index (χ2n) is 3.91. The van der Waals surface area contributed by atoms with Gasteiger partial charge in [0.25, 0.3) is 5.91 Å². The number of hydrogen-bond acceptors (Lipinski definition) is 1. The quantitative estimate of drug-likeness (QED) is 0.810. The zero-order valence-electron chi connectivity index (χ0n) is 9.79. The van der Waals surface area contributed by atoms with E-state index in [0.717, 1.165) is 10.9 Å². The fourth-order valence-electron chi connectivity index (χ4n) is 1.55. The van der Waals surface area contributed by atoms with Gasteiger partial charge in [-0.1, -0.05) is 39.7 Å². The zero-order chi connectivity index (χ0) is 13.8. The number of benzene rings is 2. The lowest BCUT2D eigenvalue weighted by molar-refractivity contribution is 0.102. The molecule has 98 valence electrons. The van der Waals surface area contributed by atoms with Crippen molar-refractivity contribution in [2.75, 3.05) is 5.32 Å². The highest BCUT2D eigenvalue weighted by molar-refractivity contribution is 9.08. The Morgan fingerprint density at radius 1 is 1.21 bits per heavy atom. The molecule has 1 amide bonds. The maximum absolute atomic E-state index is 13.5. The third-order valence-electron chi connectivity index (χ3n) is 2.54. The van der Waals surface area contributed by atoms with Gasteiger partial charge in [0.1, 0.15) is 5.82 Å². The van der Waals surface area contributed by atoms with Gasteiger partial charge in [0.05, 0.1) is 5.56 Å². The van der Waals surface area contributed by atoms with Gasteiger partial charge in [0.15, 0.2) is 0 Å². The van der Waals surface area contributed by atoms with Crippen LogP contribution in [0, 0.1) is 5.82 Å². The third kappa shape index (κ3) is 3.55. The molecular weight excluding hydrogens is 333 g/mol. The molecule has 1 N–H and O–H groups in total. The highest BCUT2D eigenvalue weighted by Crippen LogP contribution is 2.17. The lowest BCUT2D eigenvalue weighted by Crippen LogP contribution is -2.13. The summed E-state index contributed by atoms with van der Waals surface area (Å²) in [7, 11) is 0. The summed E-state index contributed by atoms with van der Waals surface area (Å²) in [6.45, 7) is 0. The van der Waals surface area contributed by atoms with Crippen LogP contribution < -0.4 is 5.32 Å². The number of rotatable bonds is 3. The van der Waals surface area contributed by atoms with Gasteiger partial charge in [-0.25, -0.2) is 4.39 Å². The van der Waals surface area contributed by atoms with Crippen molar-refractivity contribution in [3.05, 3.63) is 64.4 Å². The SMILES string of the molecule is O=C(Nc1ccc(CBr)cc1)c1cc(Cl)ccc1F. The van der Waals surface area contributed by atoms with Gasteiger partial charge < -0.3 is 5.32 Å². The average Bonchev–Trinajstić information content (AvgIpc) is 2.42. The van der Waals surface area contributed by atoms with Gasteiger partial charge >= 0.3 is 0 Å². The van der Waals surface area contributed by atoms with Crippen molar-refractivity contribution in [2.45, 2.75) is 5.33 Å². The van der Waals surface area contributed by atoms with E-state index in [1.54, 1.807) is 12.1 Å². The molecule has 0 saturated heterocycles. The molecule has 0 aliphatic heterocycles. The van der Waals surface area contributed by atoms with Crippen LogP contribution in [0.1, 0.15) is 15.9 Å². The Balaban J connectivity index is 2.18. The lowest BCUT2D eigenvalue weighted by atomic mass is 10.2. The summed E-state index contributed by atoms with van der Waals surface area (Å²) < 4.78 is 13.5. The van der Waals surface area contributed by atoms with E-state index in [2.05, 4.69) is 21.2 Å². The molecule has 0 saturated carbocycles. The van der Waals surface area contributed by atoms with E-state index >= 15 is 0 Å². The topological polar surface area (TPSA) is 29.1 Å². The van der Waals surface area contributed by atoms with Crippen LogP contribution in [0.15, 0.2) is 42.5 Å². The van der Waals surface area contributed by atoms with Crippen LogP contribution in [0.5, 0.6) is 0 Å². The molecule has 2 aromatic carbocycles. The Morgan fingerprint density at radius 2 is 1.89 bits per heavy atom. The summed E-state index contributed by atoms with van der Waals surface area (Å²) in [5.74, 6) is -1.12. The number of carbonyl (C=O) groups excluding carboxylic acids is 1. The molecule has 0 aliphatic carbocycles. The summed E-state index contributed by atoms with van der Waals surface area (Å²) >= 11 is 9.09. The van der Waals surface area contributed by atoms with E-state index in [-0.39, 0.29) is 5.56 Å². The first kappa shape index (κ1) is 14.0. The van der Waals surface area contributed by atoms with Crippen LogP contribution in [0.25, 0.3) is 0 Å². The average molecular weight is 343 g/mol. The fourth-order valence-corrected chi connectivity index (χ4v) is 2.09. The monoisotopic (exact) mass is 341 g/mol. The summed E-state index contributed by atoms with van der Waals surface area (Å²) in [5.41, 5.74) is 1.62. The van der Waals surface area contributed by atoms with Crippen LogP contribution in [0.3, 0.4) is 0 Å². The number of amides is 1. The maximum Gasteiger partial charge on any atom is 0.258 e. The Hall–Kier alpha value is -1.39. The normalized spacial score (nSPS) is 10.3. The first-order chi connectivity index (χ1) is 9.10. The van der Waals surface area contributed by atoms with Gasteiger partial charge in [-0.15, -0.1) is 0 Å². The van der Waals surface area contributed by atoms with Crippen molar-refractivity contribution in [2.24, 2.45) is 0 Å². The predicted molar refractivity (Wildman–Crippen MR) is 78.4 cm³/mol. The summed E-state index contributed by atoms with van der Waals surface area (Å²) in [5, 5.41) is 3.69. The zero-order valence-corrected chi connectivity index (χ0v) is 12.1. The van der Waals surface area contributed by atoms with E-state index in [1.807, 2.05) is 12.1 Å². The van der Waals surface area contributed by atoms with Crippen LogP contribution in [0.2, 0.25) is 5.02 Å². The van der Waals surface area contributed by atoms with Crippen molar-refractivity contribution < 1.29 is 9.18 Å². The lowest BCUT2D eigenvalue weighted by Gasteiger charge is -2.07. The van der Waals surface area contributed by atoms with Crippen LogP contribution in [-0.2, 0) is 5.33 Å². The first-order valence-corrected chi connectivity index (χ1v) is 7.01. The van der Waals surface area contributed by atoms with Crippen molar-refractivity contribution in [3.8, 4) is 0 Å². The molecule has 19 heavy (non-hydrogen) atoms. The van der Waals surface area contributed by atoms with Gasteiger partial charge in [-0.3, -0.25) is 4.79 Å². The van der Waals surface area contributed by atoms with E-state index in [0.29, 0.717) is 10.7 Å². The minimum atomic E-state index is -0.598. The number of nitrogens with one attached hydrogen (secondary N) is 1. The Morgan fingerprint density at radius 3 is 2.53 bits per heavy atom. The first-order valence-electron chi connectivity index (χ1n) is 5.51. The minimum Gasteiger partial charge on any atom is -0.322 e. The summed E-state index contributed by atoms with van der Waals surface area (Å²) in [4.78, 5) is 11.9. The number of halogens is 3. The molecule has 0 unspecified atom stereocenters. The number of anilines is 1. The van der Waals surface area contributed by atoms with E-state index in [9.17, 15) is 9.18 Å². The molecule has 0 spiro atoms. The molecule has 0 aliphatic rings. The third-order valence-corrected chi connectivity index (χ3v) is 3.42. The second-order valence-corrected chi connectivity index (χ2v) is 4.91. The minimum absolute atomic E-state index is 0.0722. The highest BCUT2D eigenvalue weighted by Gasteiger charge is 2.12. The second kappa shape index (κ2) is 6.17.